The number of fused-ring (bicyclic) bond motifs is 1. The number of rotatable bonds is 6. The van der Waals surface area contributed by atoms with Crippen LogP contribution in [-0.2, 0) is 6.18 Å². The zero-order valence-electron chi connectivity index (χ0n) is 23.3. The minimum absolute atomic E-state index is 0.00304. The van der Waals surface area contributed by atoms with E-state index in [4.69, 9.17) is 0 Å². The lowest BCUT2D eigenvalue weighted by Gasteiger charge is -2.36. The van der Waals surface area contributed by atoms with Crippen LogP contribution in [0.1, 0.15) is 80.3 Å². The third-order valence-corrected chi connectivity index (χ3v) is 9.63. The zero-order chi connectivity index (χ0) is 27.7. The number of halogens is 3. The molecule has 10 heteroatoms. The van der Waals surface area contributed by atoms with Gasteiger partial charge in [-0.1, -0.05) is 12.8 Å². The normalized spacial score (nSPS) is 22.9. The Balaban J connectivity index is 1.06. The molecule has 2 aromatic rings. The van der Waals surface area contributed by atoms with Gasteiger partial charge in [0.15, 0.2) is 0 Å². The SMILES string of the molecule is O=C(NC1CCN(CCN2CCC3(CC2)CC3)CC1)c1ccc2nc(N3CCCCCC3)cc(C(F)(F)F)c2n1. The van der Waals surface area contributed by atoms with Crippen LogP contribution in [0.15, 0.2) is 18.2 Å². The average Bonchev–Trinajstić information content (AvgIpc) is 3.76. The first kappa shape index (κ1) is 27.7. The zero-order valence-corrected chi connectivity index (χ0v) is 23.3. The summed E-state index contributed by atoms with van der Waals surface area (Å²) in [6, 6.07) is 4.10. The standard InChI is InChI=1S/C30H41F3N6O/c31-30(32,33)23-21-26(39-13-3-1-2-4-14-39)35-24-5-6-25(36-27(23)24)28(40)34-22-7-15-37(16-8-22)19-20-38-17-11-29(9-10-29)12-18-38/h5-6,21-22H,1-4,7-20H2,(H,34,40). The minimum atomic E-state index is -4.59. The van der Waals surface area contributed by atoms with E-state index < -0.39 is 17.6 Å². The first-order chi connectivity index (χ1) is 19.3. The quantitative estimate of drug-likeness (QED) is 0.533. The molecule has 218 valence electrons. The van der Waals surface area contributed by atoms with Crippen molar-refractivity contribution in [3.63, 3.8) is 0 Å². The molecule has 7 nitrogen and oxygen atoms in total. The number of amides is 1. The van der Waals surface area contributed by atoms with Gasteiger partial charge in [-0.05, 0) is 88.1 Å². The second-order valence-electron chi connectivity index (χ2n) is 12.4. The van der Waals surface area contributed by atoms with Crippen molar-refractivity contribution in [2.75, 3.05) is 57.3 Å². The highest BCUT2D eigenvalue weighted by atomic mass is 19.4. The van der Waals surface area contributed by atoms with Crippen molar-refractivity contribution >= 4 is 22.8 Å². The van der Waals surface area contributed by atoms with Gasteiger partial charge < -0.3 is 20.0 Å². The topological polar surface area (TPSA) is 64.6 Å². The van der Waals surface area contributed by atoms with Crippen LogP contribution in [0, 0.1) is 5.41 Å². The summed E-state index contributed by atoms with van der Waals surface area (Å²) < 4.78 is 42.3. The van der Waals surface area contributed by atoms with Crippen LogP contribution >= 0.6 is 0 Å². The number of carbonyl (C=O) groups excluding carboxylic acids is 1. The second kappa shape index (κ2) is 11.4. The molecule has 0 unspecified atom stereocenters. The van der Waals surface area contributed by atoms with Crippen molar-refractivity contribution in [3.8, 4) is 0 Å². The van der Waals surface area contributed by atoms with Crippen molar-refractivity contribution in [2.45, 2.75) is 76.4 Å². The summed E-state index contributed by atoms with van der Waals surface area (Å²) in [5.41, 5.74) is -0.226. The summed E-state index contributed by atoms with van der Waals surface area (Å²) >= 11 is 0. The Morgan fingerprint density at radius 3 is 2.15 bits per heavy atom. The Kier molecular flexibility index (Phi) is 7.92. The van der Waals surface area contributed by atoms with Gasteiger partial charge >= 0.3 is 6.18 Å². The molecule has 3 saturated heterocycles. The maximum atomic E-state index is 14.1. The van der Waals surface area contributed by atoms with E-state index in [-0.39, 0.29) is 22.8 Å². The first-order valence-electron chi connectivity index (χ1n) is 15.2. The lowest BCUT2D eigenvalue weighted by molar-refractivity contribution is -0.136. The smallest absolute Gasteiger partial charge is 0.357 e. The van der Waals surface area contributed by atoms with Crippen molar-refractivity contribution in [1.82, 2.24) is 25.1 Å². The van der Waals surface area contributed by atoms with Gasteiger partial charge in [0.05, 0.1) is 11.1 Å². The number of hydrogen-bond acceptors (Lipinski definition) is 6. The summed E-state index contributed by atoms with van der Waals surface area (Å²) in [6.45, 7) is 7.80. The highest BCUT2D eigenvalue weighted by molar-refractivity contribution is 5.95. The van der Waals surface area contributed by atoms with Gasteiger partial charge in [-0.15, -0.1) is 0 Å². The first-order valence-corrected chi connectivity index (χ1v) is 15.2. The van der Waals surface area contributed by atoms with E-state index in [1.807, 2.05) is 4.90 Å². The van der Waals surface area contributed by atoms with Gasteiger partial charge in [-0.25, -0.2) is 9.97 Å². The second-order valence-corrected chi connectivity index (χ2v) is 12.4. The molecule has 4 fully saturated rings. The van der Waals surface area contributed by atoms with Crippen molar-refractivity contribution in [2.24, 2.45) is 5.41 Å². The Labute approximate surface area is 234 Å². The number of anilines is 1. The van der Waals surface area contributed by atoms with Gasteiger partial charge in [-0.2, -0.15) is 13.2 Å². The summed E-state index contributed by atoms with van der Waals surface area (Å²) in [4.78, 5) is 28.7. The third kappa shape index (κ3) is 6.38. The van der Waals surface area contributed by atoms with E-state index in [2.05, 4.69) is 25.1 Å². The fourth-order valence-corrected chi connectivity index (χ4v) is 6.67. The molecule has 1 saturated carbocycles. The van der Waals surface area contributed by atoms with Crippen LogP contribution < -0.4 is 10.2 Å². The van der Waals surface area contributed by atoms with Crippen LogP contribution in [-0.4, -0.2) is 84.1 Å². The number of nitrogens with zero attached hydrogens (tertiary/aromatic N) is 5. The molecule has 1 aliphatic carbocycles. The fraction of sp³-hybridized carbons (Fsp3) is 0.700. The summed E-state index contributed by atoms with van der Waals surface area (Å²) in [7, 11) is 0. The highest BCUT2D eigenvalue weighted by Gasteiger charge is 2.44. The van der Waals surface area contributed by atoms with Crippen molar-refractivity contribution < 1.29 is 18.0 Å². The van der Waals surface area contributed by atoms with Crippen molar-refractivity contribution in [3.05, 3.63) is 29.5 Å². The molecule has 3 aliphatic heterocycles. The van der Waals surface area contributed by atoms with E-state index in [1.165, 1.54) is 50.9 Å². The van der Waals surface area contributed by atoms with Gasteiger partial charge in [0, 0.05) is 45.3 Å². The predicted octanol–water partition coefficient (Wildman–Crippen LogP) is 5.10. The van der Waals surface area contributed by atoms with Crippen molar-refractivity contribution in [1.29, 1.82) is 0 Å². The summed E-state index contributed by atoms with van der Waals surface area (Å²) in [6.07, 6.45) is 6.66. The predicted molar refractivity (Wildman–Crippen MR) is 149 cm³/mol. The van der Waals surface area contributed by atoms with Gasteiger partial charge in [-0.3, -0.25) is 4.79 Å². The average molecular weight is 559 g/mol. The number of hydrogen-bond donors (Lipinski definition) is 1. The number of piperidine rings is 2. The van der Waals surface area contributed by atoms with Gasteiger partial charge in [0.25, 0.3) is 5.91 Å². The molecule has 0 radical (unpaired) electrons. The minimum Gasteiger partial charge on any atom is -0.357 e. The Bertz CT molecular complexity index is 1190. The lowest BCUT2D eigenvalue weighted by atomic mass is 9.94. The van der Waals surface area contributed by atoms with Crippen LogP contribution in [0.5, 0.6) is 0 Å². The molecular weight excluding hydrogens is 517 g/mol. The molecule has 0 atom stereocenters. The number of likely N-dealkylation sites (tertiary alicyclic amines) is 2. The van der Waals surface area contributed by atoms with Crippen LogP contribution in [0.4, 0.5) is 19.0 Å². The van der Waals surface area contributed by atoms with E-state index in [0.717, 1.165) is 70.8 Å². The molecule has 40 heavy (non-hydrogen) atoms. The number of alkyl halides is 3. The molecule has 1 amide bonds. The molecule has 1 N–H and O–H groups in total. The summed E-state index contributed by atoms with van der Waals surface area (Å²) in [5, 5.41) is 3.02. The molecule has 6 rings (SSSR count). The molecular formula is C30H41F3N6O. The van der Waals surface area contributed by atoms with E-state index in [1.54, 1.807) is 0 Å². The van der Waals surface area contributed by atoms with E-state index in [0.29, 0.717) is 24.3 Å². The molecule has 1 spiro atoms. The highest BCUT2D eigenvalue weighted by Crippen LogP contribution is 2.53. The molecule has 2 aromatic heterocycles. The molecule has 0 aromatic carbocycles. The maximum absolute atomic E-state index is 14.1. The maximum Gasteiger partial charge on any atom is 0.418 e. The van der Waals surface area contributed by atoms with E-state index >= 15 is 0 Å². The number of aromatic nitrogens is 2. The monoisotopic (exact) mass is 558 g/mol. The molecule has 0 bridgehead atoms. The van der Waals surface area contributed by atoms with Gasteiger partial charge in [0.1, 0.15) is 17.0 Å². The lowest BCUT2D eigenvalue weighted by Crippen LogP contribution is -2.47. The Morgan fingerprint density at radius 2 is 1.52 bits per heavy atom. The number of pyridine rings is 2. The fourth-order valence-electron chi connectivity index (χ4n) is 6.67. The molecule has 4 aliphatic rings. The van der Waals surface area contributed by atoms with Crippen LogP contribution in [0.2, 0.25) is 0 Å². The van der Waals surface area contributed by atoms with Crippen LogP contribution in [0.3, 0.4) is 0 Å². The van der Waals surface area contributed by atoms with Gasteiger partial charge in [0.2, 0.25) is 0 Å². The van der Waals surface area contributed by atoms with E-state index in [9.17, 15) is 18.0 Å². The number of nitrogens with one attached hydrogen (secondary N) is 1. The molecule has 5 heterocycles. The third-order valence-electron chi connectivity index (χ3n) is 9.63. The Morgan fingerprint density at radius 1 is 0.875 bits per heavy atom. The number of carbonyl (C=O) groups is 1. The Hall–Kier alpha value is -2.46. The largest absolute Gasteiger partial charge is 0.418 e. The van der Waals surface area contributed by atoms with Crippen LogP contribution in [0.25, 0.3) is 11.0 Å². The summed E-state index contributed by atoms with van der Waals surface area (Å²) in [5.74, 6) is -0.0907.